The molecular weight excluding hydrogens is 152 g/mol. The number of Topliss-reactive ketones (excluding diaryl/α,β-unsaturated/α-hetero) is 1. The molecule has 1 rings (SSSR count). The number of ketones is 1. The fourth-order valence-electron chi connectivity index (χ4n) is 1.13. The maximum absolute atomic E-state index is 11.1. The van der Waals surface area contributed by atoms with Gasteiger partial charge in [-0.1, -0.05) is 20.8 Å². The molecule has 0 aromatic carbocycles. The molecule has 0 saturated carbocycles. The fourth-order valence-corrected chi connectivity index (χ4v) is 1.13. The van der Waals surface area contributed by atoms with Crippen LogP contribution in [0.15, 0.2) is 6.20 Å². The Morgan fingerprint density at radius 2 is 2.08 bits per heavy atom. The van der Waals surface area contributed by atoms with Gasteiger partial charge in [-0.2, -0.15) is 5.10 Å². The van der Waals surface area contributed by atoms with Crippen molar-refractivity contribution in [2.75, 3.05) is 0 Å². The van der Waals surface area contributed by atoms with Gasteiger partial charge in [-0.05, 0) is 5.41 Å². The van der Waals surface area contributed by atoms with E-state index in [0.717, 1.165) is 5.56 Å². The number of nitrogens with one attached hydrogen (secondary N) is 1. The van der Waals surface area contributed by atoms with Crippen LogP contribution < -0.4 is 0 Å². The molecule has 0 aliphatic rings. The molecule has 0 fully saturated rings. The number of nitrogens with zero attached hydrogens (tertiary/aromatic N) is 1. The Morgan fingerprint density at radius 1 is 1.50 bits per heavy atom. The molecule has 1 aromatic rings. The number of hydrogen-bond acceptors (Lipinski definition) is 2. The largest absolute Gasteiger partial charge is 0.293 e. The standard InChI is InChI=1S/C9H14N2O/c1-6(12)8-7(5-10-11-8)9(2,3)4/h5H,1-4H3,(H,10,11). The number of H-pyrrole nitrogens is 1. The normalized spacial score (nSPS) is 11.7. The van der Waals surface area contributed by atoms with E-state index in [4.69, 9.17) is 0 Å². The zero-order valence-electron chi connectivity index (χ0n) is 7.93. The molecule has 1 heterocycles. The van der Waals surface area contributed by atoms with Crippen molar-refractivity contribution < 1.29 is 4.79 Å². The average Bonchev–Trinajstić information content (AvgIpc) is 2.30. The molecule has 3 nitrogen and oxygen atoms in total. The lowest BCUT2D eigenvalue weighted by molar-refractivity contribution is 0.101. The zero-order chi connectivity index (χ0) is 9.35. The number of rotatable bonds is 1. The van der Waals surface area contributed by atoms with Gasteiger partial charge in [-0.15, -0.1) is 0 Å². The SMILES string of the molecule is CC(=O)c1n[nH]cc1C(C)(C)C. The highest BCUT2D eigenvalue weighted by Crippen LogP contribution is 2.24. The predicted octanol–water partition coefficient (Wildman–Crippen LogP) is 1.91. The van der Waals surface area contributed by atoms with Crippen LogP contribution in [0.1, 0.15) is 43.7 Å². The van der Waals surface area contributed by atoms with Crippen molar-refractivity contribution >= 4 is 5.78 Å². The first-order valence-corrected chi connectivity index (χ1v) is 3.98. The lowest BCUT2D eigenvalue weighted by Gasteiger charge is -2.16. The van der Waals surface area contributed by atoms with Crippen molar-refractivity contribution in [3.63, 3.8) is 0 Å². The van der Waals surface area contributed by atoms with Gasteiger partial charge in [0, 0.05) is 18.7 Å². The van der Waals surface area contributed by atoms with E-state index in [1.807, 2.05) is 0 Å². The van der Waals surface area contributed by atoms with Crippen molar-refractivity contribution in [2.45, 2.75) is 33.1 Å². The first kappa shape index (κ1) is 8.97. The van der Waals surface area contributed by atoms with Crippen molar-refractivity contribution in [2.24, 2.45) is 0 Å². The first-order valence-electron chi connectivity index (χ1n) is 3.98. The summed E-state index contributed by atoms with van der Waals surface area (Å²) < 4.78 is 0. The van der Waals surface area contributed by atoms with E-state index >= 15 is 0 Å². The Labute approximate surface area is 72.2 Å². The van der Waals surface area contributed by atoms with Crippen molar-refractivity contribution in [3.05, 3.63) is 17.5 Å². The van der Waals surface area contributed by atoms with Crippen LogP contribution in [0.3, 0.4) is 0 Å². The number of aromatic amines is 1. The monoisotopic (exact) mass is 166 g/mol. The van der Waals surface area contributed by atoms with Gasteiger partial charge in [-0.3, -0.25) is 9.89 Å². The summed E-state index contributed by atoms with van der Waals surface area (Å²) in [5.74, 6) is 0.0150. The lowest BCUT2D eigenvalue weighted by Crippen LogP contribution is -2.14. The van der Waals surface area contributed by atoms with E-state index in [0.29, 0.717) is 5.69 Å². The van der Waals surface area contributed by atoms with Crippen LogP contribution >= 0.6 is 0 Å². The van der Waals surface area contributed by atoms with E-state index < -0.39 is 0 Å². The molecule has 1 N–H and O–H groups in total. The summed E-state index contributed by atoms with van der Waals surface area (Å²) in [7, 11) is 0. The maximum Gasteiger partial charge on any atom is 0.180 e. The summed E-state index contributed by atoms with van der Waals surface area (Å²) in [5.41, 5.74) is 1.52. The van der Waals surface area contributed by atoms with Crippen LogP contribution in [0.2, 0.25) is 0 Å². The number of carbonyl (C=O) groups excluding carboxylic acids is 1. The number of hydrogen-bond donors (Lipinski definition) is 1. The second kappa shape index (κ2) is 2.73. The van der Waals surface area contributed by atoms with E-state index in [1.54, 1.807) is 6.20 Å². The average molecular weight is 166 g/mol. The quantitative estimate of drug-likeness (QED) is 0.648. The molecule has 0 saturated heterocycles. The summed E-state index contributed by atoms with van der Waals surface area (Å²) in [6, 6.07) is 0. The van der Waals surface area contributed by atoms with Crippen LogP contribution in [0.25, 0.3) is 0 Å². The smallest absolute Gasteiger partial charge is 0.180 e. The Morgan fingerprint density at radius 3 is 2.42 bits per heavy atom. The Bertz CT molecular complexity index is 294. The summed E-state index contributed by atoms with van der Waals surface area (Å²) in [6.45, 7) is 7.71. The van der Waals surface area contributed by atoms with Gasteiger partial charge < -0.3 is 0 Å². The molecule has 66 valence electrons. The summed E-state index contributed by atoms with van der Waals surface area (Å²) in [6.07, 6.45) is 1.79. The van der Waals surface area contributed by atoms with Gasteiger partial charge in [-0.25, -0.2) is 0 Å². The van der Waals surface area contributed by atoms with Crippen molar-refractivity contribution in [3.8, 4) is 0 Å². The number of carbonyl (C=O) groups is 1. The molecule has 0 unspecified atom stereocenters. The third kappa shape index (κ3) is 1.55. The Hall–Kier alpha value is -1.12. The molecule has 0 bridgehead atoms. The van der Waals surface area contributed by atoms with Crippen molar-refractivity contribution in [1.82, 2.24) is 10.2 Å². The van der Waals surface area contributed by atoms with E-state index in [2.05, 4.69) is 31.0 Å². The van der Waals surface area contributed by atoms with Gasteiger partial charge in [0.2, 0.25) is 0 Å². The first-order chi connectivity index (χ1) is 5.43. The van der Waals surface area contributed by atoms with Crippen LogP contribution in [0.4, 0.5) is 0 Å². The molecule has 0 aliphatic carbocycles. The van der Waals surface area contributed by atoms with Gasteiger partial charge in [0.25, 0.3) is 0 Å². The Kier molecular flexibility index (Phi) is 2.04. The maximum atomic E-state index is 11.1. The van der Waals surface area contributed by atoms with Crippen LogP contribution in [0.5, 0.6) is 0 Å². The second-order valence-electron chi connectivity index (χ2n) is 3.95. The second-order valence-corrected chi connectivity index (χ2v) is 3.95. The highest BCUT2D eigenvalue weighted by Gasteiger charge is 2.21. The third-order valence-corrected chi connectivity index (χ3v) is 1.78. The van der Waals surface area contributed by atoms with Crippen LogP contribution in [-0.2, 0) is 5.41 Å². The van der Waals surface area contributed by atoms with Crippen LogP contribution in [-0.4, -0.2) is 16.0 Å². The van der Waals surface area contributed by atoms with Gasteiger partial charge in [0.15, 0.2) is 5.78 Å². The molecular formula is C9H14N2O. The molecule has 3 heteroatoms. The molecule has 0 radical (unpaired) electrons. The molecule has 12 heavy (non-hydrogen) atoms. The zero-order valence-corrected chi connectivity index (χ0v) is 7.93. The highest BCUT2D eigenvalue weighted by molar-refractivity contribution is 5.93. The number of aromatic nitrogens is 2. The van der Waals surface area contributed by atoms with Gasteiger partial charge in [0.1, 0.15) is 5.69 Å². The molecule has 1 aromatic heterocycles. The molecule has 0 aliphatic heterocycles. The third-order valence-electron chi connectivity index (χ3n) is 1.78. The predicted molar refractivity (Wildman–Crippen MR) is 47.3 cm³/mol. The van der Waals surface area contributed by atoms with Crippen molar-refractivity contribution in [1.29, 1.82) is 0 Å². The summed E-state index contributed by atoms with van der Waals surface area (Å²) >= 11 is 0. The fraction of sp³-hybridized carbons (Fsp3) is 0.556. The molecule has 0 amide bonds. The molecule has 0 atom stereocenters. The van der Waals surface area contributed by atoms with E-state index in [-0.39, 0.29) is 11.2 Å². The van der Waals surface area contributed by atoms with E-state index in [9.17, 15) is 4.79 Å². The topological polar surface area (TPSA) is 45.8 Å². The van der Waals surface area contributed by atoms with E-state index in [1.165, 1.54) is 6.92 Å². The lowest BCUT2D eigenvalue weighted by atomic mass is 9.87. The van der Waals surface area contributed by atoms with Crippen LogP contribution in [0, 0.1) is 0 Å². The molecule has 0 spiro atoms. The summed E-state index contributed by atoms with van der Waals surface area (Å²) in [4.78, 5) is 11.1. The van der Waals surface area contributed by atoms with Gasteiger partial charge in [0.05, 0.1) is 0 Å². The Balaban J connectivity index is 3.17. The summed E-state index contributed by atoms with van der Waals surface area (Å²) in [5, 5.41) is 6.62. The minimum atomic E-state index is -0.0198. The highest BCUT2D eigenvalue weighted by atomic mass is 16.1. The van der Waals surface area contributed by atoms with Gasteiger partial charge >= 0.3 is 0 Å². The minimum absolute atomic E-state index is 0.0150. The minimum Gasteiger partial charge on any atom is -0.293 e.